The number of carbonyl (C=O) groups excluding carboxylic acids is 2. The van der Waals surface area contributed by atoms with E-state index in [-0.39, 0.29) is 40.4 Å². The first kappa shape index (κ1) is 15.2. The van der Waals surface area contributed by atoms with Crippen LogP contribution >= 0.6 is 32.9 Å². The van der Waals surface area contributed by atoms with Crippen molar-refractivity contribution in [1.82, 2.24) is 4.98 Å². The van der Waals surface area contributed by atoms with E-state index in [0.717, 1.165) is 0 Å². The second-order valence-corrected chi connectivity index (χ2v) is 3.27. The van der Waals surface area contributed by atoms with Crippen LogP contribution in [0.1, 0.15) is 27.8 Å². The molecule has 6 heteroatoms. The van der Waals surface area contributed by atoms with E-state index < -0.39 is 5.97 Å². The number of ketones is 1. The number of nitrogens with zero attached hydrogens (tertiary/aromatic N) is 1. The van der Waals surface area contributed by atoms with Crippen molar-refractivity contribution in [2.24, 2.45) is 0 Å². The van der Waals surface area contributed by atoms with Crippen molar-refractivity contribution in [3.8, 4) is 0 Å². The van der Waals surface area contributed by atoms with E-state index in [4.69, 9.17) is 4.74 Å². The highest BCUT2D eigenvalue weighted by Gasteiger charge is 2.11. The van der Waals surface area contributed by atoms with Crippen LogP contribution in [0.3, 0.4) is 0 Å². The molecular formula is C10H11Br2NO3. The SMILES string of the molecule is Br.CCOC(=O)c1cc(C(=O)CBr)ccn1. The molecule has 0 radical (unpaired) electrons. The smallest absolute Gasteiger partial charge is 0.356 e. The lowest BCUT2D eigenvalue weighted by molar-refractivity contribution is 0.0519. The van der Waals surface area contributed by atoms with Gasteiger partial charge in [0.15, 0.2) is 5.78 Å². The molecular weight excluding hydrogens is 342 g/mol. The molecule has 0 unspecified atom stereocenters. The van der Waals surface area contributed by atoms with Gasteiger partial charge in [-0.05, 0) is 19.1 Å². The van der Waals surface area contributed by atoms with E-state index >= 15 is 0 Å². The standard InChI is InChI=1S/C10H10BrNO3.BrH/c1-2-15-10(14)8-5-7(3-4-12-8)9(13)6-11;/h3-5H,2,6H2,1H3;1H. The molecule has 0 bridgehead atoms. The van der Waals surface area contributed by atoms with Gasteiger partial charge in [-0.15, -0.1) is 17.0 Å². The maximum absolute atomic E-state index is 11.3. The molecule has 1 aromatic heterocycles. The molecule has 0 fully saturated rings. The normalized spacial score (nSPS) is 9.12. The molecule has 0 aliphatic rings. The van der Waals surface area contributed by atoms with Crippen LogP contribution in [0.15, 0.2) is 18.3 Å². The van der Waals surface area contributed by atoms with Gasteiger partial charge < -0.3 is 4.74 Å². The Kier molecular flexibility index (Phi) is 7.16. The van der Waals surface area contributed by atoms with E-state index in [1.54, 1.807) is 13.0 Å². The summed E-state index contributed by atoms with van der Waals surface area (Å²) in [5.41, 5.74) is 0.605. The van der Waals surface area contributed by atoms with Gasteiger partial charge >= 0.3 is 5.97 Å². The fraction of sp³-hybridized carbons (Fsp3) is 0.300. The Balaban J connectivity index is 0.00000225. The highest BCUT2D eigenvalue weighted by atomic mass is 79.9. The number of alkyl halides is 1. The van der Waals surface area contributed by atoms with Crippen molar-refractivity contribution in [1.29, 1.82) is 0 Å². The summed E-state index contributed by atoms with van der Waals surface area (Å²) >= 11 is 3.06. The molecule has 0 aromatic carbocycles. The van der Waals surface area contributed by atoms with Crippen LogP contribution in [0.5, 0.6) is 0 Å². The van der Waals surface area contributed by atoms with Crippen molar-refractivity contribution >= 4 is 44.7 Å². The summed E-state index contributed by atoms with van der Waals surface area (Å²) in [5, 5.41) is 0.222. The maximum atomic E-state index is 11.3. The fourth-order valence-electron chi connectivity index (χ4n) is 0.998. The van der Waals surface area contributed by atoms with Crippen LogP contribution in [0, 0.1) is 0 Å². The highest BCUT2D eigenvalue weighted by molar-refractivity contribution is 9.09. The number of esters is 1. The number of carbonyl (C=O) groups is 2. The number of hydrogen-bond donors (Lipinski definition) is 0. The van der Waals surface area contributed by atoms with Gasteiger partial charge in [-0.1, -0.05) is 15.9 Å². The molecule has 0 saturated heterocycles. The Morgan fingerprint density at radius 2 is 2.19 bits per heavy atom. The summed E-state index contributed by atoms with van der Waals surface area (Å²) in [6.45, 7) is 2.00. The van der Waals surface area contributed by atoms with E-state index in [0.29, 0.717) is 5.56 Å². The van der Waals surface area contributed by atoms with Gasteiger partial charge in [0.05, 0.1) is 11.9 Å². The zero-order chi connectivity index (χ0) is 11.3. The molecule has 1 rings (SSSR count). The summed E-state index contributed by atoms with van der Waals surface area (Å²) < 4.78 is 4.77. The minimum Gasteiger partial charge on any atom is -0.461 e. The molecule has 1 heterocycles. The number of hydrogen-bond acceptors (Lipinski definition) is 4. The summed E-state index contributed by atoms with van der Waals surface area (Å²) in [4.78, 5) is 26.5. The number of halogens is 2. The first-order chi connectivity index (χ1) is 7.19. The fourth-order valence-corrected chi connectivity index (χ4v) is 1.32. The highest BCUT2D eigenvalue weighted by Crippen LogP contribution is 2.06. The quantitative estimate of drug-likeness (QED) is 0.474. The monoisotopic (exact) mass is 351 g/mol. The molecule has 0 N–H and O–H groups in total. The Morgan fingerprint density at radius 3 is 2.75 bits per heavy atom. The van der Waals surface area contributed by atoms with Gasteiger partial charge in [0.25, 0.3) is 0 Å². The van der Waals surface area contributed by atoms with Crippen LogP contribution in [-0.4, -0.2) is 28.7 Å². The van der Waals surface area contributed by atoms with Crippen LogP contribution < -0.4 is 0 Å². The molecule has 0 saturated carbocycles. The first-order valence-electron chi connectivity index (χ1n) is 4.41. The average Bonchev–Trinajstić information content (AvgIpc) is 2.28. The second-order valence-electron chi connectivity index (χ2n) is 2.71. The Morgan fingerprint density at radius 1 is 1.50 bits per heavy atom. The summed E-state index contributed by atoms with van der Waals surface area (Å²) in [5.74, 6) is -0.607. The molecule has 0 aliphatic heterocycles. The van der Waals surface area contributed by atoms with Gasteiger partial charge in [0, 0.05) is 11.8 Å². The second kappa shape index (κ2) is 7.51. The van der Waals surface area contributed by atoms with E-state index in [9.17, 15) is 9.59 Å². The minimum absolute atomic E-state index is 0. The van der Waals surface area contributed by atoms with Crippen molar-refractivity contribution in [2.45, 2.75) is 6.92 Å². The predicted octanol–water partition coefficient (Wildman–Crippen LogP) is 2.41. The van der Waals surface area contributed by atoms with Crippen molar-refractivity contribution in [3.05, 3.63) is 29.6 Å². The molecule has 0 amide bonds. The lowest BCUT2D eigenvalue weighted by atomic mass is 10.1. The zero-order valence-corrected chi connectivity index (χ0v) is 11.9. The van der Waals surface area contributed by atoms with Crippen LogP contribution in [-0.2, 0) is 4.74 Å². The molecule has 16 heavy (non-hydrogen) atoms. The zero-order valence-electron chi connectivity index (χ0n) is 8.60. The number of pyridine rings is 1. The van der Waals surface area contributed by atoms with Crippen LogP contribution in [0.25, 0.3) is 0 Å². The Labute approximate surface area is 112 Å². The number of rotatable bonds is 4. The van der Waals surface area contributed by atoms with E-state index in [1.165, 1.54) is 12.3 Å². The Bertz CT molecular complexity index is 382. The molecule has 0 atom stereocenters. The average molecular weight is 353 g/mol. The van der Waals surface area contributed by atoms with Gasteiger partial charge in [-0.3, -0.25) is 4.79 Å². The Hall–Kier alpha value is -0.750. The van der Waals surface area contributed by atoms with Crippen LogP contribution in [0.4, 0.5) is 0 Å². The number of Topliss-reactive ketones (excluding diaryl/α,β-unsaturated/α-hetero) is 1. The lowest BCUT2D eigenvalue weighted by Gasteiger charge is -2.02. The lowest BCUT2D eigenvalue weighted by Crippen LogP contribution is -2.09. The molecule has 0 spiro atoms. The third-order valence-electron chi connectivity index (χ3n) is 1.69. The largest absolute Gasteiger partial charge is 0.461 e. The summed E-state index contributed by atoms with van der Waals surface area (Å²) in [7, 11) is 0. The van der Waals surface area contributed by atoms with E-state index in [1.807, 2.05) is 0 Å². The van der Waals surface area contributed by atoms with Crippen molar-refractivity contribution < 1.29 is 14.3 Å². The molecule has 4 nitrogen and oxygen atoms in total. The number of ether oxygens (including phenoxy) is 1. The first-order valence-corrected chi connectivity index (χ1v) is 5.53. The summed E-state index contributed by atoms with van der Waals surface area (Å²) in [6.07, 6.45) is 1.42. The summed E-state index contributed by atoms with van der Waals surface area (Å²) in [6, 6.07) is 2.99. The number of aromatic nitrogens is 1. The van der Waals surface area contributed by atoms with Gasteiger partial charge in [0.2, 0.25) is 0 Å². The molecule has 1 aromatic rings. The van der Waals surface area contributed by atoms with Gasteiger partial charge in [-0.25, -0.2) is 9.78 Å². The van der Waals surface area contributed by atoms with E-state index in [2.05, 4.69) is 20.9 Å². The topological polar surface area (TPSA) is 56.3 Å². The molecule has 0 aliphatic carbocycles. The minimum atomic E-state index is -0.512. The van der Waals surface area contributed by atoms with Gasteiger partial charge in [0.1, 0.15) is 5.69 Å². The van der Waals surface area contributed by atoms with Crippen molar-refractivity contribution in [3.63, 3.8) is 0 Å². The third-order valence-corrected chi connectivity index (χ3v) is 2.20. The maximum Gasteiger partial charge on any atom is 0.356 e. The van der Waals surface area contributed by atoms with Crippen LogP contribution in [0.2, 0.25) is 0 Å². The third kappa shape index (κ3) is 4.02. The van der Waals surface area contributed by atoms with Gasteiger partial charge in [-0.2, -0.15) is 0 Å². The van der Waals surface area contributed by atoms with Crippen molar-refractivity contribution in [2.75, 3.05) is 11.9 Å². The predicted molar refractivity (Wildman–Crippen MR) is 68.6 cm³/mol. The molecule has 88 valence electrons.